The summed E-state index contributed by atoms with van der Waals surface area (Å²) in [6.45, 7) is 0.932. The quantitative estimate of drug-likeness (QED) is 0.924. The first-order valence-electron chi connectivity index (χ1n) is 6.45. The molecule has 1 saturated heterocycles. The van der Waals surface area contributed by atoms with E-state index >= 15 is 0 Å². The van der Waals surface area contributed by atoms with E-state index in [0.717, 1.165) is 0 Å². The standard InChI is InChI=1S/C13H15N3O3S2/c14-12-4-1-3-10(15-12)11-9-16(6-7-19-11)21(17,18)13-5-2-8-20-13/h1-5,8,11H,6-7,9H2,(H2,14,15)/t11-/m1/s1. The fourth-order valence-electron chi connectivity index (χ4n) is 2.21. The van der Waals surface area contributed by atoms with Crippen LogP contribution in [0.2, 0.25) is 0 Å². The van der Waals surface area contributed by atoms with Crippen LogP contribution in [0.3, 0.4) is 0 Å². The van der Waals surface area contributed by atoms with Gasteiger partial charge < -0.3 is 10.5 Å². The SMILES string of the molecule is Nc1cccc([C@H]2CN(S(=O)(=O)c3cccs3)CCO2)n1. The summed E-state index contributed by atoms with van der Waals surface area (Å²) in [5, 5.41) is 1.75. The molecule has 0 aliphatic carbocycles. The van der Waals surface area contributed by atoms with Crippen LogP contribution in [0.25, 0.3) is 0 Å². The van der Waals surface area contributed by atoms with Gasteiger partial charge in [-0.1, -0.05) is 12.1 Å². The van der Waals surface area contributed by atoms with Crippen molar-refractivity contribution < 1.29 is 13.2 Å². The summed E-state index contributed by atoms with van der Waals surface area (Å²) >= 11 is 1.22. The van der Waals surface area contributed by atoms with Crippen LogP contribution in [0.15, 0.2) is 39.9 Å². The molecule has 2 N–H and O–H groups in total. The van der Waals surface area contributed by atoms with E-state index in [9.17, 15) is 8.42 Å². The second-order valence-electron chi connectivity index (χ2n) is 4.64. The number of nitrogen functional groups attached to an aromatic ring is 1. The van der Waals surface area contributed by atoms with E-state index in [0.29, 0.717) is 28.9 Å². The van der Waals surface area contributed by atoms with E-state index in [1.807, 2.05) is 0 Å². The molecule has 1 fully saturated rings. The molecule has 3 heterocycles. The van der Waals surface area contributed by atoms with E-state index in [-0.39, 0.29) is 6.54 Å². The van der Waals surface area contributed by atoms with Crippen molar-refractivity contribution in [2.45, 2.75) is 10.3 Å². The summed E-state index contributed by atoms with van der Waals surface area (Å²) in [6, 6.07) is 8.61. The van der Waals surface area contributed by atoms with E-state index in [2.05, 4.69) is 4.98 Å². The summed E-state index contributed by atoms with van der Waals surface area (Å²) in [5.74, 6) is 0.398. The zero-order valence-electron chi connectivity index (χ0n) is 11.2. The summed E-state index contributed by atoms with van der Waals surface area (Å²) in [5.41, 5.74) is 6.32. The Morgan fingerprint density at radius 2 is 2.19 bits per heavy atom. The fraction of sp³-hybridized carbons (Fsp3) is 0.308. The van der Waals surface area contributed by atoms with E-state index in [4.69, 9.17) is 10.5 Å². The van der Waals surface area contributed by atoms with Crippen molar-refractivity contribution in [1.29, 1.82) is 0 Å². The van der Waals surface area contributed by atoms with Crippen molar-refractivity contribution in [1.82, 2.24) is 9.29 Å². The van der Waals surface area contributed by atoms with Crippen molar-refractivity contribution >= 4 is 27.2 Å². The topological polar surface area (TPSA) is 85.5 Å². The lowest BCUT2D eigenvalue weighted by molar-refractivity contribution is -0.00480. The Hall–Kier alpha value is -1.48. The molecular weight excluding hydrogens is 310 g/mol. The normalized spacial score (nSPS) is 20.5. The molecular formula is C13H15N3O3S2. The summed E-state index contributed by atoms with van der Waals surface area (Å²) in [6.07, 6.45) is -0.392. The lowest BCUT2D eigenvalue weighted by atomic mass is 10.2. The van der Waals surface area contributed by atoms with Crippen molar-refractivity contribution in [3.63, 3.8) is 0 Å². The van der Waals surface area contributed by atoms with Crippen LogP contribution in [0.1, 0.15) is 11.8 Å². The maximum atomic E-state index is 12.5. The van der Waals surface area contributed by atoms with Crippen molar-refractivity contribution in [3.8, 4) is 0 Å². The molecule has 0 bridgehead atoms. The summed E-state index contributed by atoms with van der Waals surface area (Å²) < 4.78 is 32.5. The number of ether oxygens (including phenoxy) is 1. The third-order valence-corrected chi connectivity index (χ3v) is 6.48. The number of morpholine rings is 1. The number of nitrogens with two attached hydrogens (primary N) is 1. The van der Waals surface area contributed by atoms with Gasteiger partial charge in [0, 0.05) is 13.1 Å². The number of aromatic nitrogens is 1. The number of thiophene rings is 1. The largest absolute Gasteiger partial charge is 0.384 e. The monoisotopic (exact) mass is 325 g/mol. The molecule has 6 nitrogen and oxygen atoms in total. The lowest BCUT2D eigenvalue weighted by Crippen LogP contribution is -2.42. The average molecular weight is 325 g/mol. The van der Waals surface area contributed by atoms with Gasteiger partial charge in [0.2, 0.25) is 0 Å². The highest BCUT2D eigenvalue weighted by atomic mass is 32.2. The van der Waals surface area contributed by atoms with Crippen molar-refractivity contribution in [2.75, 3.05) is 25.4 Å². The number of sulfonamides is 1. The minimum Gasteiger partial charge on any atom is -0.384 e. The molecule has 2 aromatic rings. The molecule has 0 saturated carbocycles. The van der Waals surface area contributed by atoms with Crippen LogP contribution in [0, 0.1) is 0 Å². The Bertz CT molecular complexity index is 716. The lowest BCUT2D eigenvalue weighted by Gasteiger charge is -2.31. The number of rotatable bonds is 3. The molecule has 8 heteroatoms. The smallest absolute Gasteiger partial charge is 0.252 e. The predicted molar refractivity (Wildman–Crippen MR) is 80.4 cm³/mol. The number of nitrogens with zero attached hydrogens (tertiary/aromatic N) is 2. The maximum absolute atomic E-state index is 12.5. The molecule has 0 aromatic carbocycles. The highest BCUT2D eigenvalue weighted by Gasteiger charge is 2.32. The Labute approximate surface area is 127 Å². The molecule has 0 radical (unpaired) electrons. The number of hydrogen-bond acceptors (Lipinski definition) is 6. The van der Waals surface area contributed by atoms with Gasteiger partial charge in [0.15, 0.2) is 0 Å². The first-order valence-corrected chi connectivity index (χ1v) is 8.77. The Kier molecular flexibility index (Phi) is 3.94. The van der Waals surface area contributed by atoms with Gasteiger partial charge in [-0.3, -0.25) is 0 Å². The average Bonchev–Trinajstić information content (AvgIpc) is 3.02. The van der Waals surface area contributed by atoms with Gasteiger partial charge >= 0.3 is 0 Å². The van der Waals surface area contributed by atoms with Gasteiger partial charge in [0.1, 0.15) is 16.1 Å². The second kappa shape index (κ2) is 5.72. The van der Waals surface area contributed by atoms with Crippen LogP contribution in [0.5, 0.6) is 0 Å². The summed E-state index contributed by atoms with van der Waals surface area (Å²) in [7, 11) is -3.46. The molecule has 21 heavy (non-hydrogen) atoms. The van der Waals surface area contributed by atoms with Crippen molar-refractivity contribution in [2.24, 2.45) is 0 Å². The van der Waals surface area contributed by atoms with Crippen LogP contribution in [-0.4, -0.2) is 37.4 Å². The third kappa shape index (κ3) is 2.93. The van der Waals surface area contributed by atoms with Gasteiger partial charge in [-0.05, 0) is 23.6 Å². The van der Waals surface area contributed by atoms with E-state index in [1.165, 1.54) is 15.6 Å². The van der Waals surface area contributed by atoms with Gasteiger partial charge in [-0.25, -0.2) is 13.4 Å². The Morgan fingerprint density at radius 1 is 1.33 bits per heavy atom. The molecule has 0 unspecified atom stereocenters. The first kappa shape index (κ1) is 14.5. The van der Waals surface area contributed by atoms with Gasteiger partial charge in [-0.2, -0.15) is 4.31 Å². The fourth-order valence-corrected chi connectivity index (χ4v) is 4.78. The molecule has 1 atom stereocenters. The summed E-state index contributed by atoms with van der Waals surface area (Å²) in [4.78, 5) is 4.21. The maximum Gasteiger partial charge on any atom is 0.252 e. The zero-order chi connectivity index (χ0) is 14.9. The van der Waals surface area contributed by atoms with Crippen LogP contribution >= 0.6 is 11.3 Å². The predicted octanol–water partition coefficient (Wildman–Crippen LogP) is 1.49. The highest BCUT2D eigenvalue weighted by Crippen LogP contribution is 2.27. The Morgan fingerprint density at radius 3 is 2.90 bits per heavy atom. The highest BCUT2D eigenvalue weighted by molar-refractivity contribution is 7.91. The zero-order valence-corrected chi connectivity index (χ0v) is 12.8. The van der Waals surface area contributed by atoms with Crippen molar-refractivity contribution in [3.05, 3.63) is 41.4 Å². The minimum atomic E-state index is -3.46. The van der Waals surface area contributed by atoms with Gasteiger partial charge in [-0.15, -0.1) is 11.3 Å². The van der Waals surface area contributed by atoms with E-state index < -0.39 is 16.1 Å². The van der Waals surface area contributed by atoms with Crippen LogP contribution in [0.4, 0.5) is 5.82 Å². The number of pyridine rings is 1. The molecule has 2 aromatic heterocycles. The van der Waals surface area contributed by atoms with Crippen LogP contribution in [-0.2, 0) is 14.8 Å². The molecule has 0 amide bonds. The molecule has 112 valence electrons. The molecule has 0 spiro atoms. The molecule has 1 aliphatic rings. The molecule has 3 rings (SSSR count). The Balaban J connectivity index is 1.83. The van der Waals surface area contributed by atoms with Gasteiger partial charge in [0.05, 0.1) is 12.3 Å². The van der Waals surface area contributed by atoms with E-state index in [1.54, 1.807) is 35.7 Å². The number of anilines is 1. The molecule has 1 aliphatic heterocycles. The first-order chi connectivity index (χ1) is 10.1. The van der Waals surface area contributed by atoms with Gasteiger partial charge in [0.25, 0.3) is 10.0 Å². The number of hydrogen-bond donors (Lipinski definition) is 1. The second-order valence-corrected chi connectivity index (χ2v) is 7.75. The third-order valence-electron chi connectivity index (χ3n) is 3.24. The van der Waals surface area contributed by atoms with Crippen LogP contribution < -0.4 is 5.73 Å². The minimum absolute atomic E-state index is 0.247.